The third-order valence-corrected chi connectivity index (χ3v) is 2.76. The quantitative estimate of drug-likeness (QED) is 0.627. The molecular formula is C14H24N2O3. The zero-order valence-electron chi connectivity index (χ0n) is 11.9. The first-order valence-corrected chi connectivity index (χ1v) is 6.45. The number of hydrogen-bond acceptors (Lipinski definition) is 5. The lowest BCUT2D eigenvalue weighted by Crippen LogP contribution is -2.34. The first-order valence-electron chi connectivity index (χ1n) is 6.45. The molecule has 0 aliphatic heterocycles. The van der Waals surface area contributed by atoms with Crippen LogP contribution in [0.4, 0.5) is 11.4 Å². The van der Waals surface area contributed by atoms with Crippen LogP contribution in [0.15, 0.2) is 18.2 Å². The van der Waals surface area contributed by atoms with Gasteiger partial charge in [0.15, 0.2) is 0 Å². The predicted octanol–water partition coefficient (Wildman–Crippen LogP) is 1.87. The number of hydrogen-bond donors (Lipinski definition) is 3. The minimum Gasteiger partial charge on any atom is -0.494 e. The van der Waals surface area contributed by atoms with Crippen LogP contribution in [0.2, 0.25) is 0 Å². The van der Waals surface area contributed by atoms with Crippen molar-refractivity contribution in [2.24, 2.45) is 0 Å². The van der Waals surface area contributed by atoms with Crippen LogP contribution >= 0.6 is 0 Å². The van der Waals surface area contributed by atoms with Gasteiger partial charge in [-0.05, 0) is 19.9 Å². The van der Waals surface area contributed by atoms with Gasteiger partial charge in [0, 0.05) is 50.2 Å². The van der Waals surface area contributed by atoms with Crippen molar-refractivity contribution in [3.63, 3.8) is 0 Å². The molecule has 108 valence electrons. The van der Waals surface area contributed by atoms with Crippen molar-refractivity contribution in [2.45, 2.75) is 25.9 Å². The van der Waals surface area contributed by atoms with Crippen molar-refractivity contribution in [2.75, 3.05) is 37.9 Å². The Bertz CT molecular complexity index is 394. The van der Waals surface area contributed by atoms with Crippen molar-refractivity contribution in [3.05, 3.63) is 18.2 Å². The van der Waals surface area contributed by atoms with Gasteiger partial charge in [-0.1, -0.05) is 0 Å². The second-order valence-electron chi connectivity index (χ2n) is 4.82. The van der Waals surface area contributed by atoms with Crippen LogP contribution in [-0.2, 0) is 4.74 Å². The Kier molecular flexibility index (Phi) is 5.92. The van der Waals surface area contributed by atoms with Gasteiger partial charge in [-0.25, -0.2) is 0 Å². The van der Waals surface area contributed by atoms with Crippen molar-refractivity contribution in [3.8, 4) is 5.75 Å². The van der Waals surface area contributed by atoms with E-state index < -0.39 is 5.60 Å². The van der Waals surface area contributed by atoms with E-state index in [0.29, 0.717) is 31.9 Å². The van der Waals surface area contributed by atoms with E-state index in [2.05, 4.69) is 5.32 Å². The van der Waals surface area contributed by atoms with Crippen molar-refractivity contribution in [1.82, 2.24) is 0 Å². The van der Waals surface area contributed by atoms with Gasteiger partial charge in [-0.15, -0.1) is 0 Å². The molecule has 0 aromatic heterocycles. The minimum atomic E-state index is -0.827. The van der Waals surface area contributed by atoms with Gasteiger partial charge in [-0.2, -0.15) is 0 Å². The molecule has 4 N–H and O–H groups in total. The highest BCUT2D eigenvalue weighted by molar-refractivity contribution is 5.59. The van der Waals surface area contributed by atoms with Gasteiger partial charge in [0.2, 0.25) is 0 Å². The van der Waals surface area contributed by atoms with Crippen LogP contribution < -0.4 is 15.8 Å². The standard InChI is InChI=1S/C14H24N2O3/c1-4-19-13-8-11(15)7-12(9-13)16-10-14(2,17)5-6-18-3/h7-9,16-17H,4-6,10,15H2,1-3H3. The second-order valence-corrected chi connectivity index (χ2v) is 4.82. The summed E-state index contributed by atoms with van der Waals surface area (Å²) in [6, 6.07) is 5.46. The number of anilines is 2. The Morgan fingerprint density at radius 3 is 2.74 bits per heavy atom. The largest absolute Gasteiger partial charge is 0.494 e. The van der Waals surface area contributed by atoms with Crippen LogP contribution in [0.3, 0.4) is 0 Å². The number of aliphatic hydroxyl groups is 1. The molecule has 0 amide bonds. The first kappa shape index (κ1) is 15.6. The van der Waals surface area contributed by atoms with E-state index in [-0.39, 0.29) is 0 Å². The topological polar surface area (TPSA) is 76.7 Å². The fraction of sp³-hybridized carbons (Fsp3) is 0.571. The van der Waals surface area contributed by atoms with Gasteiger partial charge in [0.05, 0.1) is 12.2 Å². The third kappa shape index (κ3) is 5.81. The molecule has 5 nitrogen and oxygen atoms in total. The van der Waals surface area contributed by atoms with Gasteiger partial charge < -0.3 is 25.6 Å². The molecule has 1 unspecified atom stereocenters. The lowest BCUT2D eigenvalue weighted by atomic mass is 10.0. The number of nitrogen functional groups attached to an aromatic ring is 1. The summed E-state index contributed by atoms with van der Waals surface area (Å²) in [6.45, 7) is 5.23. The summed E-state index contributed by atoms with van der Waals surface area (Å²) >= 11 is 0. The number of methoxy groups -OCH3 is 1. The molecule has 5 heteroatoms. The van der Waals surface area contributed by atoms with Gasteiger partial charge in [0.25, 0.3) is 0 Å². The number of benzene rings is 1. The maximum atomic E-state index is 10.1. The smallest absolute Gasteiger partial charge is 0.123 e. The monoisotopic (exact) mass is 268 g/mol. The molecule has 0 saturated heterocycles. The Morgan fingerprint density at radius 1 is 1.37 bits per heavy atom. The molecule has 0 radical (unpaired) electrons. The number of nitrogens with two attached hydrogens (primary N) is 1. The molecule has 1 aromatic rings. The van der Waals surface area contributed by atoms with Crippen LogP contribution in [0.5, 0.6) is 5.75 Å². The molecule has 19 heavy (non-hydrogen) atoms. The van der Waals surface area contributed by atoms with Crippen LogP contribution in [0, 0.1) is 0 Å². The molecule has 0 aliphatic carbocycles. The SMILES string of the molecule is CCOc1cc(N)cc(NCC(C)(O)CCOC)c1. The molecule has 1 aromatic carbocycles. The summed E-state index contributed by atoms with van der Waals surface area (Å²) in [7, 11) is 1.62. The number of ether oxygens (including phenoxy) is 2. The van der Waals surface area contributed by atoms with Crippen molar-refractivity contribution >= 4 is 11.4 Å². The van der Waals surface area contributed by atoms with Crippen LogP contribution in [0.1, 0.15) is 20.3 Å². The zero-order chi connectivity index (χ0) is 14.3. The normalized spacial score (nSPS) is 13.9. The Labute approximate surface area is 114 Å². The lowest BCUT2D eigenvalue weighted by Gasteiger charge is -2.24. The number of rotatable bonds is 8. The zero-order valence-corrected chi connectivity index (χ0v) is 11.9. The van der Waals surface area contributed by atoms with Crippen molar-refractivity contribution < 1.29 is 14.6 Å². The highest BCUT2D eigenvalue weighted by Gasteiger charge is 2.19. The highest BCUT2D eigenvalue weighted by Crippen LogP contribution is 2.23. The molecular weight excluding hydrogens is 244 g/mol. The summed E-state index contributed by atoms with van der Waals surface area (Å²) in [4.78, 5) is 0. The van der Waals surface area contributed by atoms with Crippen molar-refractivity contribution in [1.29, 1.82) is 0 Å². The van der Waals surface area contributed by atoms with E-state index in [9.17, 15) is 5.11 Å². The van der Waals surface area contributed by atoms with Crippen LogP contribution in [0.25, 0.3) is 0 Å². The van der Waals surface area contributed by atoms with E-state index in [0.717, 1.165) is 11.4 Å². The molecule has 1 atom stereocenters. The van der Waals surface area contributed by atoms with E-state index in [1.165, 1.54) is 0 Å². The van der Waals surface area contributed by atoms with E-state index in [1.54, 1.807) is 20.1 Å². The Morgan fingerprint density at radius 2 is 2.11 bits per heavy atom. The average molecular weight is 268 g/mol. The fourth-order valence-corrected chi connectivity index (χ4v) is 1.68. The first-order chi connectivity index (χ1) is 8.96. The average Bonchev–Trinajstić information content (AvgIpc) is 2.34. The fourth-order valence-electron chi connectivity index (χ4n) is 1.68. The summed E-state index contributed by atoms with van der Waals surface area (Å²) in [6.07, 6.45) is 0.567. The summed E-state index contributed by atoms with van der Waals surface area (Å²) < 4.78 is 10.4. The number of nitrogens with one attached hydrogen (secondary N) is 1. The maximum Gasteiger partial charge on any atom is 0.123 e. The Balaban J connectivity index is 2.61. The van der Waals surface area contributed by atoms with Crippen LogP contribution in [-0.4, -0.2) is 37.6 Å². The highest BCUT2D eigenvalue weighted by atomic mass is 16.5. The predicted molar refractivity (Wildman–Crippen MR) is 77.6 cm³/mol. The Hall–Kier alpha value is -1.46. The van der Waals surface area contributed by atoms with E-state index >= 15 is 0 Å². The molecule has 1 rings (SSSR count). The van der Waals surface area contributed by atoms with E-state index in [1.807, 2.05) is 19.1 Å². The summed E-state index contributed by atoms with van der Waals surface area (Å²) in [5.41, 5.74) is 6.44. The van der Waals surface area contributed by atoms with Gasteiger partial charge >= 0.3 is 0 Å². The molecule has 0 heterocycles. The molecule has 0 spiro atoms. The minimum absolute atomic E-state index is 0.422. The molecule has 0 saturated carbocycles. The summed E-state index contributed by atoms with van der Waals surface area (Å²) in [5, 5.41) is 13.3. The molecule has 0 fully saturated rings. The van der Waals surface area contributed by atoms with Gasteiger partial charge in [-0.3, -0.25) is 0 Å². The summed E-state index contributed by atoms with van der Waals surface area (Å²) in [5.74, 6) is 0.724. The molecule has 0 aliphatic rings. The second kappa shape index (κ2) is 7.21. The van der Waals surface area contributed by atoms with Gasteiger partial charge in [0.1, 0.15) is 5.75 Å². The maximum absolute atomic E-state index is 10.1. The molecule has 0 bridgehead atoms. The lowest BCUT2D eigenvalue weighted by molar-refractivity contribution is 0.0357. The third-order valence-electron chi connectivity index (χ3n) is 2.76. The van der Waals surface area contributed by atoms with E-state index in [4.69, 9.17) is 15.2 Å².